The number of carbonyl (C=O) groups is 1. The standard InChI is InChI=1S/CH2O5S.Na.H/c2-1-6-7(3,4)5;;/h1H,(H,3,4,5);;/q;+1;-1. The summed E-state index contributed by atoms with van der Waals surface area (Å²) in [6.07, 6.45) is 0. The first-order valence-electron chi connectivity index (χ1n) is 1.15. The van der Waals surface area contributed by atoms with E-state index < -0.39 is 10.4 Å². The molecule has 0 aromatic heterocycles. The number of hydrogen-bond donors (Lipinski definition) is 1. The van der Waals surface area contributed by atoms with E-state index in [1.807, 2.05) is 0 Å². The predicted octanol–water partition coefficient (Wildman–Crippen LogP) is -3.92. The van der Waals surface area contributed by atoms with Crippen LogP contribution in [0.1, 0.15) is 1.43 Å². The van der Waals surface area contributed by atoms with E-state index >= 15 is 0 Å². The molecule has 0 bridgehead atoms. The van der Waals surface area contributed by atoms with E-state index in [2.05, 4.69) is 4.18 Å². The summed E-state index contributed by atoms with van der Waals surface area (Å²) in [7, 11) is -4.54. The Hall–Kier alpha value is 0.380. The second-order valence-electron chi connectivity index (χ2n) is 0.620. The Kier molecular flexibility index (Phi) is 6.00. The van der Waals surface area contributed by atoms with E-state index in [4.69, 9.17) is 9.35 Å². The molecular formula is CH3NaO5S. The number of rotatable bonds is 2. The van der Waals surface area contributed by atoms with Gasteiger partial charge in [-0.25, -0.2) is 0 Å². The molecule has 0 heterocycles. The van der Waals surface area contributed by atoms with Crippen molar-refractivity contribution in [1.82, 2.24) is 0 Å². The molecule has 5 nitrogen and oxygen atoms in total. The molecule has 0 aliphatic rings. The Bertz CT molecular complexity index is 150. The summed E-state index contributed by atoms with van der Waals surface area (Å²) in [4.78, 5) is 9.06. The van der Waals surface area contributed by atoms with Crippen LogP contribution in [0.4, 0.5) is 0 Å². The summed E-state index contributed by atoms with van der Waals surface area (Å²) < 4.78 is 29.3. The third kappa shape index (κ3) is 9.63. The van der Waals surface area contributed by atoms with Crippen molar-refractivity contribution < 1.29 is 52.9 Å². The average molecular weight is 150 g/mol. The first-order chi connectivity index (χ1) is 3.06. The molecule has 8 heavy (non-hydrogen) atoms. The third-order valence-corrected chi connectivity index (χ3v) is 0.483. The summed E-state index contributed by atoms with van der Waals surface area (Å²) in [5, 5.41) is 0. The van der Waals surface area contributed by atoms with Gasteiger partial charge in [0.15, 0.2) is 0 Å². The topological polar surface area (TPSA) is 80.7 Å². The molecule has 7 heteroatoms. The van der Waals surface area contributed by atoms with Crippen LogP contribution in [0.2, 0.25) is 0 Å². The summed E-state index contributed by atoms with van der Waals surface area (Å²) in [6.45, 7) is -0.380. The van der Waals surface area contributed by atoms with Gasteiger partial charge in [-0.2, -0.15) is 8.42 Å². The molecule has 0 fully saturated rings. The van der Waals surface area contributed by atoms with Crippen molar-refractivity contribution in [3.63, 3.8) is 0 Å². The maximum atomic E-state index is 9.33. The molecule has 0 aromatic carbocycles. The van der Waals surface area contributed by atoms with Gasteiger partial charge in [0.1, 0.15) is 0 Å². The summed E-state index contributed by atoms with van der Waals surface area (Å²) >= 11 is 0. The smallest absolute Gasteiger partial charge is 1.00 e. The first kappa shape index (κ1) is 11.2. The zero-order valence-electron chi connectivity index (χ0n) is 5.07. The summed E-state index contributed by atoms with van der Waals surface area (Å²) in [5.41, 5.74) is 0. The van der Waals surface area contributed by atoms with Crippen molar-refractivity contribution in [2.75, 3.05) is 0 Å². The predicted molar refractivity (Wildman–Crippen MR) is 19.8 cm³/mol. The van der Waals surface area contributed by atoms with Gasteiger partial charge in [-0.1, -0.05) is 0 Å². The van der Waals surface area contributed by atoms with Crippen molar-refractivity contribution in [3.8, 4) is 0 Å². The number of carbonyl (C=O) groups excluding carboxylic acids is 1. The maximum Gasteiger partial charge on any atom is 1.00 e. The molecule has 0 saturated heterocycles. The fourth-order valence-electron chi connectivity index (χ4n) is 0.0496. The SMILES string of the molecule is O=COS(=O)(=O)O.[H-].[Na+]. The van der Waals surface area contributed by atoms with Gasteiger partial charge in [0, 0.05) is 0 Å². The van der Waals surface area contributed by atoms with Gasteiger partial charge in [0.25, 0.3) is 0 Å². The second kappa shape index (κ2) is 4.28. The molecule has 0 amide bonds. The summed E-state index contributed by atoms with van der Waals surface area (Å²) in [6, 6.07) is 0. The largest absolute Gasteiger partial charge is 1.00 e. The van der Waals surface area contributed by atoms with Crippen molar-refractivity contribution in [1.29, 1.82) is 0 Å². The van der Waals surface area contributed by atoms with Gasteiger partial charge >= 0.3 is 46.4 Å². The molecule has 0 aliphatic carbocycles. The molecule has 0 aliphatic heterocycles. The fraction of sp³-hybridized carbons (Fsp3) is 0. The van der Waals surface area contributed by atoms with E-state index in [-0.39, 0.29) is 37.5 Å². The minimum atomic E-state index is -4.54. The zero-order valence-corrected chi connectivity index (χ0v) is 6.88. The van der Waals surface area contributed by atoms with Crippen LogP contribution < -0.4 is 29.6 Å². The van der Waals surface area contributed by atoms with Crippen LogP contribution >= 0.6 is 0 Å². The molecular weight excluding hydrogens is 147 g/mol. The number of hydrogen-bond acceptors (Lipinski definition) is 4. The van der Waals surface area contributed by atoms with E-state index in [1.54, 1.807) is 0 Å². The molecule has 0 rings (SSSR count). The quantitative estimate of drug-likeness (QED) is 0.247. The van der Waals surface area contributed by atoms with Gasteiger partial charge in [-0.3, -0.25) is 9.35 Å². The Labute approximate surface area is 69.8 Å². The van der Waals surface area contributed by atoms with Gasteiger partial charge in [0.2, 0.25) is 0 Å². The zero-order chi connectivity index (χ0) is 5.91. The second-order valence-corrected chi connectivity index (χ2v) is 1.67. The normalized spacial score (nSPS) is 9.12. The maximum absolute atomic E-state index is 9.33. The minimum absolute atomic E-state index is 0. The Morgan fingerprint density at radius 1 is 1.62 bits per heavy atom. The molecule has 0 saturated carbocycles. The molecule has 0 radical (unpaired) electrons. The van der Waals surface area contributed by atoms with Crippen LogP contribution in [0, 0.1) is 0 Å². The van der Waals surface area contributed by atoms with Gasteiger partial charge in [-0.05, 0) is 0 Å². The Balaban J connectivity index is -0.000000180. The van der Waals surface area contributed by atoms with E-state index in [0.717, 1.165) is 0 Å². The van der Waals surface area contributed by atoms with Crippen LogP contribution in [0.25, 0.3) is 0 Å². The van der Waals surface area contributed by atoms with Crippen LogP contribution in [0.15, 0.2) is 0 Å². The fourth-order valence-corrected chi connectivity index (χ4v) is 0.149. The molecule has 1 N–H and O–H groups in total. The van der Waals surface area contributed by atoms with Crippen LogP contribution in [0.3, 0.4) is 0 Å². The van der Waals surface area contributed by atoms with Crippen molar-refractivity contribution >= 4 is 16.9 Å². The van der Waals surface area contributed by atoms with E-state index in [9.17, 15) is 8.42 Å². The monoisotopic (exact) mass is 150 g/mol. The van der Waals surface area contributed by atoms with Crippen molar-refractivity contribution in [3.05, 3.63) is 0 Å². The Morgan fingerprint density at radius 2 is 2.00 bits per heavy atom. The van der Waals surface area contributed by atoms with Crippen LogP contribution in [0.5, 0.6) is 0 Å². The van der Waals surface area contributed by atoms with Gasteiger partial charge in [0.05, 0.1) is 0 Å². The molecule has 0 spiro atoms. The first-order valence-corrected chi connectivity index (χ1v) is 2.52. The molecule has 0 atom stereocenters. The average Bonchev–Trinajstić information content (AvgIpc) is 1.30. The summed E-state index contributed by atoms with van der Waals surface area (Å²) in [5.74, 6) is 0. The van der Waals surface area contributed by atoms with E-state index in [1.165, 1.54) is 0 Å². The van der Waals surface area contributed by atoms with E-state index in [0.29, 0.717) is 0 Å². The third-order valence-electron chi connectivity index (χ3n) is 0.161. The molecule has 0 unspecified atom stereocenters. The van der Waals surface area contributed by atoms with Crippen LogP contribution in [-0.4, -0.2) is 19.4 Å². The minimum Gasteiger partial charge on any atom is -1.00 e. The molecule has 44 valence electrons. The molecule has 0 aromatic rings. The van der Waals surface area contributed by atoms with Gasteiger partial charge < -0.3 is 5.61 Å². The Morgan fingerprint density at radius 3 is 2.00 bits per heavy atom. The van der Waals surface area contributed by atoms with Crippen LogP contribution in [-0.2, 0) is 19.4 Å². The van der Waals surface area contributed by atoms with Crippen molar-refractivity contribution in [2.24, 2.45) is 0 Å². The van der Waals surface area contributed by atoms with Gasteiger partial charge in [-0.15, -0.1) is 0 Å². The van der Waals surface area contributed by atoms with Crippen molar-refractivity contribution in [2.45, 2.75) is 0 Å².